The van der Waals surface area contributed by atoms with E-state index in [0.717, 1.165) is 5.56 Å². The lowest BCUT2D eigenvalue weighted by molar-refractivity contribution is 0.0719. The summed E-state index contributed by atoms with van der Waals surface area (Å²) in [5, 5.41) is 0. The van der Waals surface area contributed by atoms with Gasteiger partial charge in [0.25, 0.3) is 5.91 Å². The van der Waals surface area contributed by atoms with Gasteiger partial charge in [0.15, 0.2) is 0 Å². The van der Waals surface area contributed by atoms with Gasteiger partial charge in [-0.25, -0.2) is 0 Å². The van der Waals surface area contributed by atoms with E-state index in [1.165, 1.54) is 0 Å². The number of hydrogen-bond acceptors (Lipinski definition) is 3. The predicted molar refractivity (Wildman–Crippen MR) is 73.6 cm³/mol. The summed E-state index contributed by atoms with van der Waals surface area (Å²) in [6.45, 7) is 7.09. The summed E-state index contributed by atoms with van der Waals surface area (Å²) in [6, 6.07) is 5.45. The minimum absolute atomic E-state index is 0.0897. The van der Waals surface area contributed by atoms with Gasteiger partial charge in [0, 0.05) is 25.9 Å². The Morgan fingerprint density at radius 2 is 2.28 bits per heavy atom. The fourth-order valence-electron chi connectivity index (χ4n) is 1.66. The molecule has 0 aliphatic rings. The Hall–Kier alpha value is -1.81. The van der Waals surface area contributed by atoms with Crippen LogP contribution in [-0.2, 0) is 4.74 Å². The molecule has 0 heterocycles. The van der Waals surface area contributed by atoms with Crippen molar-refractivity contribution in [3.63, 3.8) is 0 Å². The minimum atomic E-state index is -0.0897. The second-order valence-electron chi connectivity index (χ2n) is 4.12. The van der Waals surface area contributed by atoms with Crippen molar-refractivity contribution in [2.75, 3.05) is 32.5 Å². The average Bonchev–Trinajstić information content (AvgIpc) is 2.36. The molecule has 0 atom stereocenters. The van der Waals surface area contributed by atoms with Crippen LogP contribution in [0.4, 0.5) is 5.69 Å². The number of ether oxygens (including phenoxy) is 1. The first-order valence-corrected chi connectivity index (χ1v) is 5.85. The molecule has 1 amide bonds. The van der Waals surface area contributed by atoms with E-state index in [-0.39, 0.29) is 5.91 Å². The third-order valence-corrected chi connectivity index (χ3v) is 2.64. The summed E-state index contributed by atoms with van der Waals surface area (Å²) in [5.74, 6) is -0.0897. The highest BCUT2D eigenvalue weighted by Crippen LogP contribution is 2.16. The SMILES string of the molecule is C=CCN(CCOC)C(=O)c1cc(C)ccc1N. The Balaban J connectivity index is 2.93. The highest BCUT2D eigenvalue weighted by molar-refractivity contribution is 5.99. The fraction of sp³-hybridized carbons (Fsp3) is 0.357. The van der Waals surface area contributed by atoms with Gasteiger partial charge in [-0.2, -0.15) is 0 Å². The number of nitrogens with two attached hydrogens (primary N) is 1. The van der Waals surface area contributed by atoms with Crippen LogP contribution in [0.25, 0.3) is 0 Å². The number of amides is 1. The number of anilines is 1. The van der Waals surface area contributed by atoms with Gasteiger partial charge in [-0.1, -0.05) is 17.7 Å². The molecule has 4 heteroatoms. The zero-order valence-electron chi connectivity index (χ0n) is 11.0. The fourth-order valence-corrected chi connectivity index (χ4v) is 1.66. The van der Waals surface area contributed by atoms with E-state index in [1.807, 2.05) is 13.0 Å². The minimum Gasteiger partial charge on any atom is -0.398 e. The number of rotatable bonds is 6. The molecule has 0 saturated carbocycles. The topological polar surface area (TPSA) is 55.6 Å². The number of aryl methyl sites for hydroxylation is 1. The van der Waals surface area contributed by atoms with Crippen molar-refractivity contribution < 1.29 is 9.53 Å². The van der Waals surface area contributed by atoms with Gasteiger partial charge >= 0.3 is 0 Å². The van der Waals surface area contributed by atoms with Gasteiger partial charge in [0.1, 0.15) is 0 Å². The van der Waals surface area contributed by atoms with Gasteiger partial charge in [-0.15, -0.1) is 6.58 Å². The normalized spacial score (nSPS) is 10.1. The first-order valence-electron chi connectivity index (χ1n) is 5.85. The second kappa shape index (κ2) is 6.81. The van der Waals surface area contributed by atoms with Crippen molar-refractivity contribution in [1.82, 2.24) is 4.90 Å². The average molecular weight is 248 g/mol. The van der Waals surface area contributed by atoms with Crippen LogP contribution in [0.1, 0.15) is 15.9 Å². The summed E-state index contributed by atoms with van der Waals surface area (Å²) in [4.78, 5) is 14.0. The summed E-state index contributed by atoms with van der Waals surface area (Å²) in [5.41, 5.74) is 7.89. The maximum absolute atomic E-state index is 12.4. The van der Waals surface area contributed by atoms with Crippen LogP contribution in [0.15, 0.2) is 30.9 Å². The molecule has 2 N–H and O–H groups in total. The molecule has 1 rings (SSSR count). The molecule has 98 valence electrons. The van der Waals surface area contributed by atoms with Crippen LogP contribution in [0.5, 0.6) is 0 Å². The lowest BCUT2D eigenvalue weighted by Gasteiger charge is -2.21. The van der Waals surface area contributed by atoms with E-state index < -0.39 is 0 Å². The molecule has 0 spiro atoms. The van der Waals surface area contributed by atoms with E-state index in [9.17, 15) is 4.79 Å². The van der Waals surface area contributed by atoms with Crippen molar-refractivity contribution in [3.8, 4) is 0 Å². The lowest BCUT2D eigenvalue weighted by Crippen LogP contribution is -2.34. The van der Waals surface area contributed by atoms with E-state index in [2.05, 4.69) is 6.58 Å². The molecule has 0 aliphatic carbocycles. The number of benzene rings is 1. The van der Waals surface area contributed by atoms with Crippen molar-refractivity contribution in [2.45, 2.75) is 6.92 Å². The quantitative estimate of drug-likeness (QED) is 0.617. The first kappa shape index (κ1) is 14.3. The molecule has 0 saturated heterocycles. The van der Waals surface area contributed by atoms with Gasteiger partial charge < -0.3 is 15.4 Å². The van der Waals surface area contributed by atoms with Gasteiger partial charge in [-0.3, -0.25) is 4.79 Å². The van der Waals surface area contributed by atoms with Crippen LogP contribution in [-0.4, -0.2) is 37.6 Å². The van der Waals surface area contributed by atoms with Crippen molar-refractivity contribution in [2.24, 2.45) is 0 Å². The van der Waals surface area contributed by atoms with Gasteiger partial charge in [0.2, 0.25) is 0 Å². The lowest BCUT2D eigenvalue weighted by atomic mass is 10.1. The molecular formula is C14H20N2O2. The summed E-state index contributed by atoms with van der Waals surface area (Å²) < 4.78 is 5.00. The number of carbonyl (C=O) groups is 1. The van der Waals surface area contributed by atoms with Crippen molar-refractivity contribution in [1.29, 1.82) is 0 Å². The molecule has 0 bridgehead atoms. The number of nitrogens with zero attached hydrogens (tertiary/aromatic N) is 1. The molecule has 0 aromatic heterocycles. The molecule has 0 aliphatic heterocycles. The molecule has 1 aromatic rings. The monoisotopic (exact) mass is 248 g/mol. The molecule has 0 unspecified atom stereocenters. The Labute approximate surface area is 108 Å². The van der Waals surface area contributed by atoms with E-state index >= 15 is 0 Å². The maximum Gasteiger partial charge on any atom is 0.256 e. The van der Waals surface area contributed by atoms with Crippen molar-refractivity contribution in [3.05, 3.63) is 42.0 Å². The highest BCUT2D eigenvalue weighted by Gasteiger charge is 2.16. The Morgan fingerprint density at radius 1 is 1.56 bits per heavy atom. The van der Waals surface area contributed by atoms with E-state index in [1.54, 1.807) is 30.2 Å². The van der Waals surface area contributed by atoms with Crippen LogP contribution in [0.3, 0.4) is 0 Å². The number of nitrogen functional groups attached to an aromatic ring is 1. The number of methoxy groups -OCH3 is 1. The third kappa shape index (κ3) is 3.60. The largest absolute Gasteiger partial charge is 0.398 e. The molecule has 1 aromatic carbocycles. The van der Waals surface area contributed by atoms with Crippen LogP contribution >= 0.6 is 0 Å². The standard InChI is InChI=1S/C14H20N2O2/c1-4-7-16(8-9-18-3)14(17)12-10-11(2)5-6-13(12)15/h4-6,10H,1,7-9,15H2,2-3H3. The summed E-state index contributed by atoms with van der Waals surface area (Å²) in [7, 11) is 1.61. The van der Waals surface area contributed by atoms with Crippen LogP contribution in [0, 0.1) is 6.92 Å². The van der Waals surface area contributed by atoms with Crippen LogP contribution in [0.2, 0.25) is 0 Å². The van der Waals surface area contributed by atoms with Gasteiger partial charge in [0.05, 0.1) is 12.2 Å². The van der Waals surface area contributed by atoms with E-state index in [4.69, 9.17) is 10.5 Å². The highest BCUT2D eigenvalue weighted by atomic mass is 16.5. The Morgan fingerprint density at radius 3 is 2.89 bits per heavy atom. The number of carbonyl (C=O) groups excluding carboxylic acids is 1. The summed E-state index contributed by atoms with van der Waals surface area (Å²) >= 11 is 0. The Kier molecular flexibility index (Phi) is 5.39. The first-order chi connectivity index (χ1) is 8.60. The zero-order chi connectivity index (χ0) is 13.5. The van der Waals surface area contributed by atoms with Crippen molar-refractivity contribution >= 4 is 11.6 Å². The summed E-state index contributed by atoms with van der Waals surface area (Å²) in [6.07, 6.45) is 1.69. The molecule has 18 heavy (non-hydrogen) atoms. The predicted octanol–water partition coefficient (Wildman–Crippen LogP) is 1.85. The van der Waals surface area contributed by atoms with Gasteiger partial charge in [-0.05, 0) is 19.1 Å². The zero-order valence-corrected chi connectivity index (χ0v) is 11.0. The molecule has 0 radical (unpaired) electrons. The third-order valence-electron chi connectivity index (χ3n) is 2.64. The maximum atomic E-state index is 12.4. The molecular weight excluding hydrogens is 228 g/mol. The Bertz CT molecular complexity index is 430. The molecule has 0 fully saturated rings. The second-order valence-corrected chi connectivity index (χ2v) is 4.12. The van der Waals surface area contributed by atoms with Crippen LogP contribution < -0.4 is 5.73 Å². The number of hydrogen-bond donors (Lipinski definition) is 1. The molecule has 4 nitrogen and oxygen atoms in total. The van der Waals surface area contributed by atoms with E-state index in [0.29, 0.717) is 30.9 Å². The smallest absolute Gasteiger partial charge is 0.256 e.